The number of hydrogen-bond donors (Lipinski definition) is 1. The van der Waals surface area contributed by atoms with Gasteiger partial charge in [-0.3, -0.25) is 4.79 Å². The van der Waals surface area contributed by atoms with E-state index in [0.717, 1.165) is 30.2 Å². The number of hydrogen-bond acceptors (Lipinski definition) is 5. The standard InChI is InChI=1S/C16H25N3O2S.2ClH/c1-10-18-11(9-22-10)8-19(4)14(20)16(17)12-6-5-7-21-13(12)15(16,2)3;;/h9,12-13H,5-8,17H2,1-4H3;2*1H. The SMILES string of the molecule is Cc1nc(CN(C)C(=O)C2(N)C3CCCOC3C2(C)C)cs1.Cl.Cl. The molecule has 3 unspecified atom stereocenters. The van der Waals surface area contributed by atoms with Crippen LogP contribution in [0.2, 0.25) is 0 Å². The molecule has 138 valence electrons. The van der Waals surface area contributed by atoms with E-state index in [1.807, 2.05) is 19.4 Å². The van der Waals surface area contributed by atoms with E-state index in [0.29, 0.717) is 6.54 Å². The predicted molar refractivity (Wildman–Crippen MR) is 101 cm³/mol. The third kappa shape index (κ3) is 3.07. The zero-order valence-corrected chi connectivity index (χ0v) is 17.0. The number of carbonyl (C=O) groups is 1. The monoisotopic (exact) mass is 395 g/mol. The Bertz CT molecular complexity index is 596. The van der Waals surface area contributed by atoms with Crippen molar-refractivity contribution >= 4 is 42.1 Å². The van der Waals surface area contributed by atoms with Gasteiger partial charge in [-0.1, -0.05) is 13.8 Å². The van der Waals surface area contributed by atoms with Gasteiger partial charge in [0.2, 0.25) is 5.91 Å². The Labute approximate surface area is 160 Å². The summed E-state index contributed by atoms with van der Waals surface area (Å²) in [4.78, 5) is 19.2. The summed E-state index contributed by atoms with van der Waals surface area (Å²) in [7, 11) is 1.82. The zero-order valence-electron chi connectivity index (χ0n) is 14.6. The number of nitrogens with zero attached hydrogens (tertiary/aromatic N) is 2. The van der Waals surface area contributed by atoms with Crippen molar-refractivity contribution in [3.63, 3.8) is 0 Å². The second-order valence-electron chi connectivity index (χ2n) is 7.15. The third-order valence-corrected chi connectivity index (χ3v) is 6.27. The summed E-state index contributed by atoms with van der Waals surface area (Å²) in [5, 5.41) is 3.02. The van der Waals surface area contributed by atoms with Crippen molar-refractivity contribution in [2.45, 2.75) is 51.8 Å². The van der Waals surface area contributed by atoms with Crippen LogP contribution in [0.5, 0.6) is 0 Å². The maximum atomic E-state index is 13.0. The molecule has 1 aliphatic carbocycles. The topological polar surface area (TPSA) is 68.5 Å². The van der Waals surface area contributed by atoms with Crippen molar-refractivity contribution < 1.29 is 9.53 Å². The molecule has 5 nitrogen and oxygen atoms in total. The van der Waals surface area contributed by atoms with Crippen molar-refractivity contribution in [3.8, 4) is 0 Å². The highest BCUT2D eigenvalue weighted by molar-refractivity contribution is 7.09. The van der Waals surface area contributed by atoms with E-state index in [1.54, 1.807) is 16.2 Å². The maximum absolute atomic E-state index is 13.0. The highest BCUT2D eigenvalue weighted by Crippen LogP contribution is 2.57. The van der Waals surface area contributed by atoms with Gasteiger partial charge in [0, 0.05) is 30.4 Å². The van der Waals surface area contributed by atoms with Crippen molar-refractivity contribution in [1.82, 2.24) is 9.88 Å². The quantitative estimate of drug-likeness (QED) is 0.853. The van der Waals surface area contributed by atoms with E-state index in [9.17, 15) is 4.79 Å². The third-order valence-electron chi connectivity index (χ3n) is 5.45. The summed E-state index contributed by atoms with van der Waals surface area (Å²) in [5.41, 5.74) is 6.41. The fraction of sp³-hybridized carbons (Fsp3) is 0.750. The lowest BCUT2D eigenvalue weighted by atomic mass is 9.46. The number of likely N-dealkylation sites (N-methyl/N-ethyl adjacent to an activating group) is 1. The van der Waals surface area contributed by atoms with Crippen LogP contribution in [0.4, 0.5) is 0 Å². The molecule has 0 bridgehead atoms. The molecule has 1 aromatic rings. The Morgan fingerprint density at radius 1 is 1.50 bits per heavy atom. The molecule has 8 heteroatoms. The van der Waals surface area contributed by atoms with Gasteiger partial charge in [0.05, 0.1) is 23.4 Å². The number of aryl methyl sites for hydroxylation is 1. The molecule has 1 aromatic heterocycles. The Morgan fingerprint density at radius 2 is 2.17 bits per heavy atom. The molecule has 2 N–H and O–H groups in total. The van der Waals surface area contributed by atoms with Gasteiger partial charge in [-0.2, -0.15) is 0 Å². The van der Waals surface area contributed by atoms with Gasteiger partial charge >= 0.3 is 0 Å². The van der Waals surface area contributed by atoms with Crippen LogP contribution < -0.4 is 5.73 Å². The van der Waals surface area contributed by atoms with E-state index >= 15 is 0 Å². The molecular weight excluding hydrogens is 369 g/mol. The fourth-order valence-corrected chi connectivity index (χ4v) is 4.73. The minimum absolute atomic E-state index is 0. The summed E-state index contributed by atoms with van der Waals surface area (Å²) in [6.45, 7) is 7.37. The average Bonchev–Trinajstić information content (AvgIpc) is 2.90. The van der Waals surface area contributed by atoms with Gasteiger partial charge in [-0.15, -0.1) is 36.2 Å². The highest BCUT2D eigenvalue weighted by atomic mass is 35.5. The number of ether oxygens (including phenoxy) is 1. The molecule has 2 aliphatic rings. The molecule has 0 spiro atoms. The second-order valence-corrected chi connectivity index (χ2v) is 8.21. The molecule has 0 radical (unpaired) electrons. The second kappa shape index (κ2) is 7.46. The number of thiazole rings is 1. The van der Waals surface area contributed by atoms with Gasteiger partial charge in [0.1, 0.15) is 5.54 Å². The summed E-state index contributed by atoms with van der Waals surface area (Å²) in [5.74, 6) is 0.137. The lowest BCUT2D eigenvalue weighted by Crippen LogP contribution is -2.82. The van der Waals surface area contributed by atoms with Crippen molar-refractivity contribution in [2.24, 2.45) is 17.1 Å². The number of halogens is 2. The molecule has 3 atom stereocenters. The Morgan fingerprint density at radius 3 is 2.75 bits per heavy atom. The van der Waals surface area contributed by atoms with Crippen molar-refractivity contribution in [1.29, 1.82) is 0 Å². The molecule has 2 fully saturated rings. The van der Waals surface area contributed by atoms with Crippen LogP contribution in [0.15, 0.2) is 5.38 Å². The molecule has 0 aromatic carbocycles. The van der Waals surface area contributed by atoms with Crippen LogP contribution in [0.3, 0.4) is 0 Å². The number of fused-ring (bicyclic) bond motifs is 1. The van der Waals surface area contributed by atoms with E-state index in [2.05, 4.69) is 18.8 Å². The molecule has 2 heterocycles. The smallest absolute Gasteiger partial charge is 0.243 e. The number of rotatable bonds is 3. The van der Waals surface area contributed by atoms with Gasteiger partial charge in [-0.25, -0.2) is 4.98 Å². The van der Waals surface area contributed by atoms with Crippen molar-refractivity contribution in [2.75, 3.05) is 13.7 Å². The number of nitrogens with two attached hydrogens (primary N) is 1. The number of amides is 1. The van der Waals surface area contributed by atoms with Crippen LogP contribution in [0, 0.1) is 18.3 Å². The summed E-state index contributed by atoms with van der Waals surface area (Å²) >= 11 is 1.60. The first-order valence-corrected chi connectivity index (χ1v) is 8.73. The van der Waals surface area contributed by atoms with E-state index in [1.165, 1.54) is 0 Å². The summed E-state index contributed by atoms with van der Waals surface area (Å²) < 4.78 is 5.88. The normalized spacial score (nSPS) is 30.2. The van der Waals surface area contributed by atoms with Crippen LogP contribution in [-0.4, -0.2) is 41.1 Å². The van der Waals surface area contributed by atoms with Crippen LogP contribution in [0.25, 0.3) is 0 Å². The van der Waals surface area contributed by atoms with Crippen LogP contribution in [0.1, 0.15) is 37.4 Å². The van der Waals surface area contributed by atoms with E-state index in [-0.39, 0.29) is 48.2 Å². The Hall–Kier alpha value is -0.400. The highest BCUT2D eigenvalue weighted by Gasteiger charge is 2.70. The molecule has 1 saturated carbocycles. The van der Waals surface area contributed by atoms with Crippen molar-refractivity contribution in [3.05, 3.63) is 16.1 Å². The molecular formula is C16H27Cl2N3O2S. The minimum Gasteiger partial charge on any atom is -0.377 e. The maximum Gasteiger partial charge on any atom is 0.243 e. The van der Waals surface area contributed by atoms with Crippen LogP contribution >= 0.6 is 36.2 Å². The zero-order chi connectivity index (χ0) is 16.1. The molecule has 3 rings (SSSR count). The van der Waals surface area contributed by atoms with E-state index < -0.39 is 5.54 Å². The molecule has 1 saturated heterocycles. The van der Waals surface area contributed by atoms with Gasteiger partial charge in [-0.05, 0) is 19.8 Å². The van der Waals surface area contributed by atoms with Gasteiger partial charge < -0.3 is 15.4 Å². The minimum atomic E-state index is -0.835. The number of aromatic nitrogens is 1. The lowest BCUT2D eigenvalue weighted by Gasteiger charge is -2.65. The fourth-order valence-electron chi connectivity index (χ4n) is 4.12. The Balaban J connectivity index is 0.00000144. The molecule has 1 amide bonds. The predicted octanol–water partition coefficient (Wildman–Crippen LogP) is 2.79. The molecule has 1 aliphatic heterocycles. The summed E-state index contributed by atoms with van der Waals surface area (Å²) in [6, 6.07) is 0. The summed E-state index contributed by atoms with van der Waals surface area (Å²) in [6.07, 6.45) is 2.06. The van der Waals surface area contributed by atoms with Crippen LogP contribution in [-0.2, 0) is 16.1 Å². The first-order chi connectivity index (χ1) is 10.3. The van der Waals surface area contributed by atoms with Gasteiger partial charge in [0.15, 0.2) is 0 Å². The largest absolute Gasteiger partial charge is 0.377 e. The number of carbonyl (C=O) groups excluding carboxylic acids is 1. The Kier molecular flexibility index (Phi) is 6.73. The molecule has 24 heavy (non-hydrogen) atoms. The van der Waals surface area contributed by atoms with Gasteiger partial charge in [0.25, 0.3) is 0 Å². The van der Waals surface area contributed by atoms with E-state index in [4.69, 9.17) is 10.5 Å². The first kappa shape index (κ1) is 21.6. The lowest BCUT2D eigenvalue weighted by molar-refractivity contribution is -0.229. The average molecular weight is 396 g/mol. The first-order valence-electron chi connectivity index (χ1n) is 7.85.